The molecular weight excluding hydrogens is 316 g/mol. The van der Waals surface area contributed by atoms with Crippen LogP contribution in [0.25, 0.3) is 0 Å². The maximum atomic E-state index is 12.0. The zero-order valence-corrected chi connectivity index (χ0v) is 13.7. The number of benzene rings is 1. The fourth-order valence-electron chi connectivity index (χ4n) is 2.66. The van der Waals surface area contributed by atoms with Gasteiger partial charge in [-0.2, -0.15) is 0 Å². The highest BCUT2D eigenvalue weighted by atomic mass is 35.5. The third kappa shape index (κ3) is 3.82. The topological polar surface area (TPSA) is 69.0 Å². The molecule has 0 bridgehead atoms. The number of fused-ring (bicyclic) bond motifs is 1. The molecule has 0 spiro atoms. The minimum Gasteiger partial charge on any atom is -0.493 e. The Labute approximate surface area is 139 Å². The monoisotopic (exact) mass is 334 g/mol. The van der Waals surface area contributed by atoms with Gasteiger partial charge >= 0.3 is 0 Å². The molecule has 6 nitrogen and oxygen atoms in total. The molecule has 1 aromatic heterocycles. The van der Waals surface area contributed by atoms with Crippen LogP contribution in [0.4, 0.5) is 0 Å². The number of ether oxygens (including phenoxy) is 1. The number of halogens is 1. The predicted molar refractivity (Wildman–Crippen MR) is 86.5 cm³/mol. The minimum absolute atomic E-state index is 0.0678. The molecule has 0 unspecified atom stereocenters. The highest BCUT2D eigenvalue weighted by Gasteiger charge is 2.22. The van der Waals surface area contributed by atoms with Gasteiger partial charge in [-0.1, -0.05) is 11.6 Å². The van der Waals surface area contributed by atoms with E-state index in [1.165, 1.54) is 0 Å². The van der Waals surface area contributed by atoms with Crippen molar-refractivity contribution in [3.63, 3.8) is 0 Å². The van der Waals surface area contributed by atoms with Crippen LogP contribution in [0.3, 0.4) is 0 Å². The van der Waals surface area contributed by atoms with Crippen LogP contribution in [0.15, 0.2) is 24.3 Å². The molecule has 23 heavy (non-hydrogen) atoms. The van der Waals surface area contributed by atoms with E-state index in [9.17, 15) is 4.79 Å². The molecule has 7 heteroatoms. The van der Waals surface area contributed by atoms with Crippen LogP contribution in [-0.4, -0.2) is 27.3 Å². The summed E-state index contributed by atoms with van der Waals surface area (Å²) in [6, 6.07) is 6.91. The standard InChI is InChI=1S/C16H19ClN4O2/c1-11(16-20-19-14-3-2-9-21(14)16)18-15(22)8-10-23-13-6-4-12(17)5-7-13/h4-7,11H,2-3,8-10H2,1H3,(H,18,22)/t11-/m1/s1. The van der Waals surface area contributed by atoms with Crippen LogP contribution >= 0.6 is 11.6 Å². The summed E-state index contributed by atoms with van der Waals surface area (Å²) in [7, 11) is 0. The Bertz CT molecular complexity index is 684. The van der Waals surface area contributed by atoms with Crippen molar-refractivity contribution in [1.29, 1.82) is 0 Å². The molecule has 0 saturated heterocycles. The summed E-state index contributed by atoms with van der Waals surface area (Å²) in [6.45, 7) is 3.17. The van der Waals surface area contributed by atoms with Crippen molar-refractivity contribution in [2.45, 2.75) is 38.8 Å². The Morgan fingerprint density at radius 2 is 2.17 bits per heavy atom. The highest BCUT2D eigenvalue weighted by molar-refractivity contribution is 6.30. The molecule has 1 aromatic carbocycles. The molecule has 1 atom stereocenters. The van der Waals surface area contributed by atoms with Gasteiger partial charge in [0.25, 0.3) is 0 Å². The van der Waals surface area contributed by atoms with Gasteiger partial charge in [0.2, 0.25) is 5.91 Å². The molecular formula is C16H19ClN4O2. The van der Waals surface area contributed by atoms with Gasteiger partial charge < -0.3 is 14.6 Å². The number of nitrogens with zero attached hydrogens (tertiary/aromatic N) is 3. The van der Waals surface area contributed by atoms with Crippen molar-refractivity contribution in [2.75, 3.05) is 6.61 Å². The second-order valence-electron chi connectivity index (χ2n) is 5.57. The molecule has 0 fully saturated rings. The Morgan fingerprint density at radius 3 is 2.96 bits per heavy atom. The van der Waals surface area contributed by atoms with Gasteiger partial charge in [-0.3, -0.25) is 4.79 Å². The van der Waals surface area contributed by atoms with Gasteiger partial charge in [0.15, 0.2) is 5.82 Å². The van der Waals surface area contributed by atoms with Crippen LogP contribution < -0.4 is 10.1 Å². The molecule has 1 amide bonds. The zero-order valence-electron chi connectivity index (χ0n) is 13.0. The van der Waals surface area contributed by atoms with E-state index in [1.54, 1.807) is 24.3 Å². The van der Waals surface area contributed by atoms with Crippen LogP contribution in [0.2, 0.25) is 5.02 Å². The van der Waals surface area contributed by atoms with Crippen LogP contribution in [-0.2, 0) is 17.8 Å². The quantitative estimate of drug-likeness (QED) is 0.881. The molecule has 2 aromatic rings. The van der Waals surface area contributed by atoms with Crippen LogP contribution in [0, 0.1) is 0 Å². The first kappa shape index (κ1) is 15.8. The number of hydrogen-bond acceptors (Lipinski definition) is 4. The SMILES string of the molecule is C[C@@H](NC(=O)CCOc1ccc(Cl)cc1)c1nnc2n1CCC2. The van der Waals surface area contributed by atoms with Crippen LogP contribution in [0.1, 0.15) is 37.5 Å². The van der Waals surface area contributed by atoms with Crippen molar-refractivity contribution < 1.29 is 9.53 Å². The van der Waals surface area contributed by atoms with Gasteiger partial charge in [-0.05, 0) is 37.6 Å². The average molecular weight is 335 g/mol. The molecule has 3 rings (SSSR count). The minimum atomic E-state index is -0.155. The Kier molecular flexibility index (Phi) is 4.81. The number of amides is 1. The average Bonchev–Trinajstić information content (AvgIpc) is 3.12. The van der Waals surface area contributed by atoms with E-state index >= 15 is 0 Å². The smallest absolute Gasteiger partial charge is 0.224 e. The van der Waals surface area contributed by atoms with E-state index in [0.29, 0.717) is 17.4 Å². The number of hydrogen-bond donors (Lipinski definition) is 1. The Hall–Kier alpha value is -2.08. The van der Waals surface area contributed by atoms with E-state index in [1.807, 2.05) is 6.92 Å². The third-order valence-electron chi connectivity index (χ3n) is 3.81. The first-order chi connectivity index (χ1) is 11.1. The highest BCUT2D eigenvalue weighted by Crippen LogP contribution is 2.19. The number of nitrogens with one attached hydrogen (secondary N) is 1. The molecule has 1 N–H and O–H groups in total. The lowest BCUT2D eigenvalue weighted by atomic mass is 10.3. The Balaban J connectivity index is 1.46. The van der Waals surface area contributed by atoms with Gasteiger partial charge in [0.1, 0.15) is 11.6 Å². The predicted octanol–water partition coefficient (Wildman–Crippen LogP) is 2.52. The van der Waals surface area contributed by atoms with Crippen molar-refractivity contribution in [2.24, 2.45) is 0 Å². The molecule has 2 heterocycles. The van der Waals surface area contributed by atoms with Crippen molar-refractivity contribution in [3.8, 4) is 5.75 Å². The molecule has 1 aliphatic heterocycles. The van der Waals surface area contributed by atoms with Gasteiger partial charge in [0, 0.05) is 18.0 Å². The fourth-order valence-corrected chi connectivity index (χ4v) is 2.79. The molecule has 1 aliphatic rings. The van der Waals surface area contributed by atoms with Gasteiger partial charge in [-0.15, -0.1) is 10.2 Å². The molecule has 122 valence electrons. The van der Waals surface area contributed by atoms with Crippen molar-refractivity contribution in [3.05, 3.63) is 40.9 Å². The van der Waals surface area contributed by atoms with Crippen molar-refractivity contribution >= 4 is 17.5 Å². The Morgan fingerprint density at radius 1 is 1.39 bits per heavy atom. The van der Waals surface area contributed by atoms with Gasteiger partial charge in [0.05, 0.1) is 19.1 Å². The summed E-state index contributed by atoms with van der Waals surface area (Å²) in [5, 5.41) is 11.9. The summed E-state index contributed by atoms with van der Waals surface area (Å²) < 4.78 is 7.62. The number of carbonyl (C=O) groups is 1. The third-order valence-corrected chi connectivity index (χ3v) is 4.07. The molecule has 0 aliphatic carbocycles. The summed E-state index contributed by atoms with van der Waals surface area (Å²) in [5.41, 5.74) is 0. The lowest BCUT2D eigenvalue weighted by Gasteiger charge is -2.14. The second-order valence-corrected chi connectivity index (χ2v) is 6.01. The van der Waals surface area contributed by atoms with E-state index in [2.05, 4.69) is 20.1 Å². The largest absolute Gasteiger partial charge is 0.493 e. The van der Waals surface area contributed by atoms with E-state index in [0.717, 1.165) is 31.0 Å². The molecule has 0 radical (unpaired) electrons. The van der Waals surface area contributed by atoms with E-state index < -0.39 is 0 Å². The first-order valence-corrected chi connectivity index (χ1v) is 8.11. The lowest BCUT2D eigenvalue weighted by molar-refractivity contribution is -0.122. The summed E-state index contributed by atoms with van der Waals surface area (Å²) in [6.07, 6.45) is 2.34. The normalized spacial score (nSPS) is 14.3. The van der Waals surface area contributed by atoms with Crippen molar-refractivity contribution in [1.82, 2.24) is 20.1 Å². The lowest BCUT2D eigenvalue weighted by Crippen LogP contribution is -2.29. The summed E-state index contributed by atoms with van der Waals surface area (Å²) >= 11 is 5.81. The number of aromatic nitrogens is 3. The van der Waals surface area contributed by atoms with E-state index in [4.69, 9.17) is 16.3 Å². The number of aryl methyl sites for hydroxylation is 1. The zero-order chi connectivity index (χ0) is 16.2. The first-order valence-electron chi connectivity index (χ1n) is 7.73. The molecule has 0 saturated carbocycles. The van der Waals surface area contributed by atoms with Gasteiger partial charge in [-0.25, -0.2) is 0 Å². The fraction of sp³-hybridized carbons (Fsp3) is 0.438. The van der Waals surface area contributed by atoms with Crippen LogP contribution in [0.5, 0.6) is 5.75 Å². The second kappa shape index (κ2) is 7.00. The number of carbonyl (C=O) groups excluding carboxylic acids is 1. The summed E-state index contributed by atoms with van der Waals surface area (Å²) in [4.78, 5) is 12.0. The van der Waals surface area contributed by atoms with E-state index in [-0.39, 0.29) is 18.4 Å². The maximum Gasteiger partial charge on any atom is 0.224 e. The maximum absolute atomic E-state index is 12.0. The number of rotatable bonds is 6. The summed E-state index contributed by atoms with van der Waals surface area (Å²) in [5.74, 6) is 2.46.